The molecule has 0 bridgehead atoms. The van der Waals surface area contributed by atoms with Crippen LogP contribution in [-0.4, -0.2) is 24.7 Å². The lowest BCUT2D eigenvalue weighted by atomic mass is 10.2. The molecule has 0 aliphatic rings. The zero-order valence-corrected chi connectivity index (χ0v) is 10.8. The Morgan fingerprint density at radius 3 is 2.47 bits per heavy atom. The number of halogens is 1. The van der Waals surface area contributed by atoms with Gasteiger partial charge in [-0.25, -0.2) is 13.2 Å². The first kappa shape index (κ1) is 13.8. The molecule has 0 aliphatic heterocycles. The summed E-state index contributed by atoms with van der Waals surface area (Å²) < 4.78 is 25.4. The van der Waals surface area contributed by atoms with Crippen molar-refractivity contribution < 1.29 is 18.3 Å². The third-order valence-corrected chi connectivity index (χ3v) is 4.17. The predicted octanol–water partition coefficient (Wildman–Crippen LogP) is 2.19. The maximum Gasteiger partial charge on any atom is 0.337 e. The summed E-state index contributed by atoms with van der Waals surface area (Å²) in [6.07, 6.45) is 0. The summed E-state index contributed by atoms with van der Waals surface area (Å²) in [6.45, 7) is 3.05. The Kier molecular flexibility index (Phi) is 4.00. The van der Waals surface area contributed by atoms with E-state index in [1.165, 1.54) is 32.0 Å². The number of anilines is 1. The highest BCUT2D eigenvalue weighted by Gasteiger charge is 2.17. The van der Waals surface area contributed by atoms with Crippen LogP contribution in [0.25, 0.3) is 0 Å². The van der Waals surface area contributed by atoms with E-state index in [9.17, 15) is 13.2 Å². The molecule has 0 atom stereocenters. The smallest absolute Gasteiger partial charge is 0.337 e. The van der Waals surface area contributed by atoms with Crippen LogP contribution in [0.1, 0.15) is 24.2 Å². The van der Waals surface area contributed by atoms with Gasteiger partial charge < -0.3 is 5.11 Å². The van der Waals surface area contributed by atoms with Crippen molar-refractivity contribution in [1.82, 2.24) is 0 Å². The Labute approximate surface area is 104 Å². The molecule has 1 aromatic carbocycles. The third kappa shape index (κ3) is 3.34. The number of rotatable bonds is 4. The lowest BCUT2D eigenvalue weighted by Crippen LogP contribution is -2.22. The van der Waals surface area contributed by atoms with E-state index in [0.717, 1.165) is 0 Å². The monoisotopic (exact) mass is 277 g/mol. The summed E-state index contributed by atoms with van der Waals surface area (Å²) in [5, 5.41) is 8.29. The number of carbonyl (C=O) groups is 1. The molecular formula is C10H12ClNO4S. The fourth-order valence-corrected chi connectivity index (χ4v) is 1.92. The van der Waals surface area contributed by atoms with Crippen LogP contribution in [0.3, 0.4) is 0 Å². The molecule has 0 saturated carbocycles. The average Bonchev–Trinajstić information content (AvgIpc) is 2.20. The Hall–Kier alpha value is -1.27. The molecule has 0 saturated heterocycles. The van der Waals surface area contributed by atoms with Gasteiger partial charge in [0, 0.05) is 5.69 Å². The quantitative estimate of drug-likeness (QED) is 0.884. The van der Waals surface area contributed by atoms with Crippen molar-refractivity contribution in [3.05, 3.63) is 28.8 Å². The molecule has 0 fully saturated rings. The van der Waals surface area contributed by atoms with Gasteiger partial charge in [-0.05, 0) is 32.0 Å². The lowest BCUT2D eigenvalue weighted by Gasteiger charge is -2.11. The Bertz CT molecular complexity index is 539. The van der Waals surface area contributed by atoms with Crippen LogP contribution in [0, 0.1) is 0 Å². The number of carboxylic acid groups (broad SMARTS) is 1. The van der Waals surface area contributed by atoms with Crippen LogP contribution in [0.2, 0.25) is 5.02 Å². The summed E-state index contributed by atoms with van der Waals surface area (Å²) in [6, 6.07) is 3.93. The molecule has 0 unspecified atom stereocenters. The van der Waals surface area contributed by atoms with Gasteiger partial charge in [-0.3, -0.25) is 4.72 Å². The van der Waals surface area contributed by atoms with Crippen LogP contribution in [0.15, 0.2) is 18.2 Å². The zero-order valence-electron chi connectivity index (χ0n) is 9.27. The number of nitrogens with one attached hydrogen (secondary N) is 1. The molecule has 1 aromatic rings. The molecular weight excluding hydrogens is 266 g/mol. The van der Waals surface area contributed by atoms with Gasteiger partial charge in [0.05, 0.1) is 15.8 Å². The van der Waals surface area contributed by atoms with Crippen molar-refractivity contribution in [1.29, 1.82) is 0 Å². The number of sulfonamides is 1. The van der Waals surface area contributed by atoms with E-state index in [1.807, 2.05) is 0 Å². The largest absolute Gasteiger partial charge is 0.478 e. The van der Waals surface area contributed by atoms with E-state index in [4.69, 9.17) is 16.7 Å². The minimum Gasteiger partial charge on any atom is -0.478 e. The molecule has 17 heavy (non-hydrogen) atoms. The molecule has 0 spiro atoms. The van der Waals surface area contributed by atoms with Gasteiger partial charge in [0.2, 0.25) is 10.0 Å². The standard InChI is InChI=1S/C10H12ClNO4S/c1-6(2)17(15,16)12-7-3-4-9(11)8(5-7)10(13)14/h3-6,12H,1-2H3,(H,13,14). The normalized spacial score (nSPS) is 11.5. The minimum absolute atomic E-state index is 0.0602. The molecule has 7 heteroatoms. The van der Waals surface area contributed by atoms with E-state index < -0.39 is 21.2 Å². The minimum atomic E-state index is -3.49. The average molecular weight is 278 g/mol. The van der Waals surface area contributed by atoms with E-state index >= 15 is 0 Å². The first-order chi connectivity index (χ1) is 7.74. The highest BCUT2D eigenvalue weighted by atomic mass is 35.5. The maximum absolute atomic E-state index is 11.6. The van der Waals surface area contributed by atoms with Crippen molar-refractivity contribution in [2.24, 2.45) is 0 Å². The van der Waals surface area contributed by atoms with Gasteiger partial charge in [-0.1, -0.05) is 11.6 Å². The first-order valence-electron chi connectivity index (χ1n) is 4.78. The molecule has 94 valence electrons. The zero-order chi connectivity index (χ0) is 13.2. The SMILES string of the molecule is CC(C)S(=O)(=O)Nc1ccc(Cl)c(C(=O)O)c1. The summed E-state index contributed by atoms with van der Waals surface area (Å²) in [5.74, 6) is -1.21. The second-order valence-electron chi connectivity index (χ2n) is 3.70. The van der Waals surface area contributed by atoms with Gasteiger partial charge in [-0.2, -0.15) is 0 Å². The molecule has 5 nitrogen and oxygen atoms in total. The summed E-state index contributed by atoms with van der Waals surface area (Å²) in [5.41, 5.74) is 0.0381. The second-order valence-corrected chi connectivity index (χ2v) is 6.34. The van der Waals surface area contributed by atoms with Crippen LogP contribution < -0.4 is 4.72 Å². The number of carboxylic acids is 1. The van der Waals surface area contributed by atoms with E-state index in [1.54, 1.807) is 0 Å². The highest BCUT2D eigenvalue weighted by molar-refractivity contribution is 7.93. The molecule has 2 N–H and O–H groups in total. The van der Waals surface area contributed by atoms with E-state index in [0.29, 0.717) is 0 Å². The fourth-order valence-electron chi connectivity index (χ4n) is 1.03. The lowest BCUT2D eigenvalue weighted by molar-refractivity contribution is 0.0697. The van der Waals surface area contributed by atoms with Gasteiger partial charge in [0.25, 0.3) is 0 Å². The molecule has 0 heterocycles. The van der Waals surface area contributed by atoms with Crippen LogP contribution >= 0.6 is 11.6 Å². The van der Waals surface area contributed by atoms with Gasteiger partial charge >= 0.3 is 5.97 Å². The fraction of sp³-hybridized carbons (Fsp3) is 0.300. The van der Waals surface area contributed by atoms with E-state index in [2.05, 4.69) is 4.72 Å². The molecule has 0 radical (unpaired) electrons. The number of hydrogen-bond donors (Lipinski definition) is 2. The van der Waals surface area contributed by atoms with Gasteiger partial charge in [0.1, 0.15) is 0 Å². The number of benzene rings is 1. The second kappa shape index (κ2) is 4.93. The van der Waals surface area contributed by atoms with Crippen LogP contribution in [0.4, 0.5) is 5.69 Å². The number of hydrogen-bond acceptors (Lipinski definition) is 3. The molecule has 0 amide bonds. The number of aromatic carboxylic acids is 1. The summed E-state index contributed by atoms with van der Waals surface area (Å²) in [4.78, 5) is 10.8. The van der Waals surface area contributed by atoms with Crippen LogP contribution in [-0.2, 0) is 10.0 Å². The predicted molar refractivity (Wildman–Crippen MR) is 66.1 cm³/mol. The third-order valence-electron chi connectivity index (χ3n) is 2.08. The summed E-state index contributed by atoms with van der Waals surface area (Å²) in [7, 11) is -3.49. The highest BCUT2D eigenvalue weighted by Crippen LogP contribution is 2.21. The molecule has 0 aliphatic carbocycles. The van der Waals surface area contributed by atoms with E-state index in [-0.39, 0.29) is 16.3 Å². The molecule has 0 aromatic heterocycles. The van der Waals surface area contributed by atoms with Crippen molar-refractivity contribution in [2.75, 3.05) is 4.72 Å². The Morgan fingerprint density at radius 2 is 2.00 bits per heavy atom. The Morgan fingerprint density at radius 1 is 1.41 bits per heavy atom. The van der Waals surface area contributed by atoms with Crippen molar-refractivity contribution >= 4 is 33.3 Å². The van der Waals surface area contributed by atoms with Crippen LogP contribution in [0.5, 0.6) is 0 Å². The first-order valence-corrected chi connectivity index (χ1v) is 6.71. The van der Waals surface area contributed by atoms with Gasteiger partial charge in [-0.15, -0.1) is 0 Å². The summed E-state index contributed by atoms with van der Waals surface area (Å²) >= 11 is 5.67. The topological polar surface area (TPSA) is 83.5 Å². The van der Waals surface area contributed by atoms with Crippen molar-refractivity contribution in [3.63, 3.8) is 0 Å². The van der Waals surface area contributed by atoms with Crippen molar-refractivity contribution in [3.8, 4) is 0 Å². The van der Waals surface area contributed by atoms with Crippen molar-refractivity contribution in [2.45, 2.75) is 19.1 Å². The van der Waals surface area contributed by atoms with Gasteiger partial charge in [0.15, 0.2) is 0 Å². The Balaban J connectivity index is 3.10. The molecule has 1 rings (SSSR count). The maximum atomic E-state index is 11.6.